The first kappa shape index (κ1) is 11.9. The fourth-order valence-corrected chi connectivity index (χ4v) is 2.78. The Kier molecular flexibility index (Phi) is 3.00. The Hall–Kier alpha value is -0.560. The summed E-state index contributed by atoms with van der Waals surface area (Å²) in [6, 6.07) is 0. The summed E-state index contributed by atoms with van der Waals surface area (Å²) in [5, 5.41) is 0. The van der Waals surface area contributed by atoms with Crippen molar-refractivity contribution in [3.8, 4) is 0 Å². The van der Waals surface area contributed by atoms with E-state index >= 15 is 0 Å². The van der Waals surface area contributed by atoms with Gasteiger partial charge in [0.15, 0.2) is 0 Å². The van der Waals surface area contributed by atoms with Crippen molar-refractivity contribution in [1.29, 1.82) is 0 Å². The smallest absolute Gasteiger partial charge is 0.0954 e. The van der Waals surface area contributed by atoms with Gasteiger partial charge in [0.1, 0.15) is 0 Å². The quantitative estimate of drug-likeness (QED) is 0.439. The van der Waals surface area contributed by atoms with Crippen LogP contribution in [0.5, 0.6) is 0 Å². The van der Waals surface area contributed by atoms with Crippen LogP contribution in [0.3, 0.4) is 0 Å². The highest BCUT2D eigenvalue weighted by Crippen LogP contribution is 2.43. The van der Waals surface area contributed by atoms with Crippen LogP contribution in [0.2, 0.25) is 0 Å². The number of epoxide rings is 1. The van der Waals surface area contributed by atoms with Gasteiger partial charge in [-0.1, -0.05) is 37.6 Å². The minimum absolute atomic E-state index is 0.138. The predicted octanol–water partition coefficient (Wildman–Crippen LogP) is 4.25. The lowest BCUT2D eigenvalue weighted by atomic mass is 9.85. The largest absolute Gasteiger partial charge is 0.366 e. The van der Waals surface area contributed by atoms with Gasteiger partial charge in [0.25, 0.3) is 0 Å². The highest BCUT2D eigenvalue weighted by Gasteiger charge is 2.50. The van der Waals surface area contributed by atoms with Crippen LogP contribution in [0.15, 0.2) is 23.8 Å². The summed E-state index contributed by atoms with van der Waals surface area (Å²) in [7, 11) is 0. The Morgan fingerprint density at radius 3 is 2.81 bits per heavy atom. The normalized spacial score (nSPS) is 43.5. The highest BCUT2D eigenvalue weighted by molar-refractivity contribution is 5.12. The molecule has 16 heavy (non-hydrogen) atoms. The minimum atomic E-state index is 0.138. The first-order valence-electron chi connectivity index (χ1n) is 6.42. The molecule has 0 saturated carbocycles. The van der Waals surface area contributed by atoms with Gasteiger partial charge in [0, 0.05) is 0 Å². The van der Waals surface area contributed by atoms with Gasteiger partial charge in [-0.05, 0) is 44.9 Å². The second-order valence-corrected chi connectivity index (χ2v) is 6.32. The standard InChI is InChI=1S/C15H24O/c1-12-7-5-8-13-15(4,16-13)10-6-9-14(2,3)11-12/h6-7,9,13H,5,8,10-11H2,1-4H3/b9-6+,12-7-/t13-,15-/m1/s1. The molecule has 0 unspecified atom stereocenters. The van der Waals surface area contributed by atoms with Crippen molar-refractivity contribution in [3.63, 3.8) is 0 Å². The molecule has 0 N–H and O–H groups in total. The maximum Gasteiger partial charge on any atom is 0.0954 e. The maximum atomic E-state index is 5.80. The van der Waals surface area contributed by atoms with Gasteiger partial charge in [-0.15, -0.1) is 0 Å². The molecule has 2 rings (SSSR count). The second-order valence-electron chi connectivity index (χ2n) is 6.32. The van der Waals surface area contributed by atoms with Crippen LogP contribution in [0.25, 0.3) is 0 Å². The number of hydrogen-bond donors (Lipinski definition) is 0. The SMILES string of the molecule is C/C1=C/CC[C@H]2O[C@]2(C)C/C=C/C(C)(C)C1. The fourth-order valence-electron chi connectivity index (χ4n) is 2.78. The van der Waals surface area contributed by atoms with Crippen LogP contribution in [-0.4, -0.2) is 11.7 Å². The summed E-state index contributed by atoms with van der Waals surface area (Å²) >= 11 is 0. The van der Waals surface area contributed by atoms with E-state index in [1.165, 1.54) is 24.8 Å². The fraction of sp³-hybridized carbons (Fsp3) is 0.733. The third kappa shape index (κ3) is 2.76. The molecule has 0 spiro atoms. The maximum absolute atomic E-state index is 5.80. The van der Waals surface area contributed by atoms with Crippen molar-refractivity contribution in [2.24, 2.45) is 5.41 Å². The molecule has 0 radical (unpaired) electrons. The molecule has 1 aliphatic carbocycles. The number of allylic oxidation sites excluding steroid dienone is 3. The van der Waals surface area contributed by atoms with E-state index in [-0.39, 0.29) is 11.0 Å². The summed E-state index contributed by atoms with van der Waals surface area (Å²) in [6.07, 6.45) is 12.2. The van der Waals surface area contributed by atoms with Crippen LogP contribution < -0.4 is 0 Å². The van der Waals surface area contributed by atoms with E-state index in [1.807, 2.05) is 0 Å². The topological polar surface area (TPSA) is 12.5 Å². The number of fused-ring (bicyclic) bond motifs is 1. The summed E-state index contributed by atoms with van der Waals surface area (Å²) < 4.78 is 5.80. The zero-order chi connectivity index (χ0) is 11.8. The number of hydrogen-bond acceptors (Lipinski definition) is 1. The Labute approximate surface area is 99.6 Å². The molecule has 0 amide bonds. The lowest BCUT2D eigenvalue weighted by Crippen LogP contribution is -2.10. The van der Waals surface area contributed by atoms with Crippen LogP contribution in [0, 0.1) is 5.41 Å². The molecule has 2 atom stereocenters. The molecule has 0 bridgehead atoms. The second kappa shape index (κ2) is 4.03. The molecule has 1 fully saturated rings. The van der Waals surface area contributed by atoms with Crippen LogP contribution in [0.4, 0.5) is 0 Å². The van der Waals surface area contributed by atoms with Gasteiger partial charge in [0.05, 0.1) is 11.7 Å². The molecule has 1 saturated heterocycles. The molecular formula is C15H24O. The molecule has 1 heteroatoms. The average molecular weight is 220 g/mol. The Morgan fingerprint density at radius 2 is 2.06 bits per heavy atom. The van der Waals surface area contributed by atoms with E-state index in [4.69, 9.17) is 4.74 Å². The van der Waals surface area contributed by atoms with Gasteiger partial charge >= 0.3 is 0 Å². The number of rotatable bonds is 0. The van der Waals surface area contributed by atoms with Crippen LogP contribution in [0.1, 0.15) is 53.4 Å². The number of ether oxygens (including phenoxy) is 1. The van der Waals surface area contributed by atoms with Crippen LogP contribution >= 0.6 is 0 Å². The molecule has 1 aliphatic heterocycles. The third-order valence-corrected chi connectivity index (χ3v) is 3.78. The molecule has 1 heterocycles. The third-order valence-electron chi connectivity index (χ3n) is 3.78. The Bertz CT molecular complexity index is 324. The van der Waals surface area contributed by atoms with Crippen molar-refractivity contribution in [2.45, 2.75) is 65.1 Å². The van der Waals surface area contributed by atoms with Crippen LogP contribution in [-0.2, 0) is 4.74 Å². The lowest BCUT2D eigenvalue weighted by molar-refractivity contribution is 0.306. The van der Waals surface area contributed by atoms with Crippen molar-refractivity contribution in [3.05, 3.63) is 23.8 Å². The van der Waals surface area contributed by atoms with E-state index in [9.17, 15) is 0 Å². The van der Waals surface area contributed by atoms with Crippen molar-refractivity contribution < 1.29 is 4.74 Å². The molecule has 1 nitrogen and oxygen atoms in total. The molecule has 90 valence electrons. The first-order chi connectivity index (χ1) is 7.41. The lowest BCUT2D eigenvalue weighted by Gasteiger charge is -2.20. The summed E-state index contributed by atoms with van der Waals surface area (Å²) in [6.45, 7) is 9.11. The summed E-state index contributed by atoms with van der Waals surface area (Å²) in [5.74, 6) is 0. The molecule has 0 aromatic rings. The van der Waals surface area contributed by atoms with Gasteiger partial charge in [0.2, 0.25) is 0 Å². The summed E-state index contributed by atoms with van der Waals surface area (Å²) in [4.78, 5) is 0. The molecular weight excluding hydrogens is 196 g/mol. The van der Waals surface area contributed by atoms with Gasteiger partial charge in [-0.2, -0.15) is 0 Å². The van der Waals surface area contributed by atoms with Crippen molar-refractivity contribution >= 4 is 0 Å². The van der Waals surface area contributed by atoms with E-state index < -0.39 is 0 Å². The van der Waals surface area contributed by atoms with Gasteiger partial charge < -0.3 is 4.74 Å². The van der Waals surface area contributed by atoms with Gasteiger partial charge in [-0.25, -0.2) is 0 Å². The zero-order valence-corrected chi connectivity index (χ0v) is 11.0. The Balaban J connectivity index is 2.11. The Morgan fingerprint density at radius 1 is 1.31 bits per heavy atom. The minimum Gasteiger partial charge on any atom is -0.366 e. The first-order valence-corrected chi connectivity index (χ1v) is 6.42. The molecule has 0 aromatic carbocycles. The molecule has 0 aromatic heterocycles. The van der Waals surface area contributed by atoms with E-state index in [1.54, 1.807) is 0 Å². The van der Waals surface area contributed by atoms with Gasteiger partial charge in [-0.3, -0.25) is 0 Å². The van der Waals surface area contributed by atoms with E-state index in [0.717, 1.165) is 6.42 Å². The molecule has 2 aliphatic rings. The predicted molar refractivity (Wildman–Crippen MR) is 68.4 cm³/mol. The summed E-state index contributed by atoms with van der Waals surface area (Å²) in [5.41, 5.74) is 1.93. The van der Waals surface area contributed by atoms with Crippen molar-refractivity contribution in [2.75, 3.05) is 0 Å². The van der Waals surface area contributed by atoms with Crippen molar-refractivity contribution in [1.82, 2.24) is 0 Å². The van der Waals surface area contributed by atoms with E-state index in [0.29, 0.717) is 6.10 Å². The monoisotopic (exact) mass is 220 g/mol. The highest BCUT2D eigenvalue weighted by atomic mass is 16.6. The zero-order valence-electron chi connectivity index (χ0n) is 11.0. The average Bonchev–Trinajstić information content (AvgIpc) is 2.74. The van der Waals surface area contributed by atoms with E-state index in [2.05, 4.69) is 45.9 Å².